The molecule has 1 heterocycles. The Morgan fingerprint density at radius 2 is 1.86 bits per heavy atom. The summed E-state index contributed by atoms with van der Waals surface area (Å²) < 4.78 is 1.62. The summed E-state index contributed by atoms with van der Waals surface area (Å²) in [5.74, 6) is 0.154. The Balaban J connectivity index is 2.25. The van der Waals surface area contributed by atoms with E-state index in [2.05, 4.69) is 35.9 Å². The standard InChI is InChI=1S/C16H15N3OS/c1-10-7-8-12(11(2)9-10)15-16(21)17-18-19(15)13-5-3-4-6-14(13)20/h3-9,20-21H,1-2H3. The molecule has 0 radical (unpaired) electrons. The Morgan fingerprint density at radius 3 is 2.57 bits per heavy atom. The summed E-state index contributed by atoms with van der Waals surface area (Å²) in [6, 6.07) is 13.2. The lowest BCUT2D eigenvalue weighted by atomic mass is 10.0. The number of para-hydroxylation sites is 2. The van der Waals surface area contributed by atoms with Gasteiger partial charge in [0.25, 0.3) is 0 Å². The number of hydrogen-bond donors (Lipinski definition) is 2. The second kappa shape index (κ2) is 5.26. The van der Waals surface area contributed by atoms with Crippen LogP contribution in [0.15, 0.2) is 47.5 Å². The van der Waals surface area contributed by atoms with Crippen LogP contribution in [-0.2, 0) is 0 Å². The van der Waals surface area contributed by atoms with Gasteiger partial charge in [0, 0.05) is 5.56 Å². The number of hydrogen-bond acceptors (Lipinski definition) is 4. The molecule has 2 aromatic carbocycles. The highest BCUT2D eigenvalue weighted by Crippen LogP contribution is 2.32. The van der Waals surface area contributed by atoms with Gasteiger partial charge in [-0.1, -0.05) is 41.1 Å². The van der Waals surface area contributed by atoms with E-state index in [9.17, 15) is 5.11 Å². The van der Waals surface area contributed by atoms with Gasteiger partial charge in [-0.25, -0.2) is 4.68 Å². The number of rotatable bonds is 2. The second-order valence-electron chi connectivity index (χ2n) is 4.98. The third-order valence-corrected chi connectivity index (χ3v) is 3.70. The number of aromatic nitrogens is 3. The van der Waals surface area contributed by atoms with Crippen molar-refractivity contribution >= 4 is 12.6 Å². The summed E-state index contributed by atoms with van der Waals surface area (Å²) in [4.78, 5) is 0. The molecule has 1 aromatic heterocycles. The number of benzene rings is 2. The minimum atomic E-state index is 0.154. The first-order valence-corrected chi connectivity index (χ1v) is 7.03. The molecule has 0 fully saturated rings. The molecule has 0 unspecified atom stereocenters. The van der Waals surface area contributed by atoms with Gasteiger partial charge in [0.15, 0.2) is 0 Å². The largest absolute Gasteiger partial charge is 0.506 e. The summed E-state index contributed by atoms with van der Waals surface area (Å²) >= 11 is 4.41. The van der Waals surface area contributed by atoms with Crippen LogP contribution in [0.4, 0.5) is 0 Å². The fourth-order valence-corrected chi connectivity index (χ4v) is 2.65. The molecule has 3 rings (SSSR count). The van der Waals surface area contributed by atoms with E-state index in [1.807, 2.05) is 25.1 Å². The van der Waals surface area contributed by atoms with Crippen molar-refractivity contribution in [1.82, 2.24) is 15.0 Å². The normalized spacial score (nSPS) is 10.8. The van der Waals surface area contributed by atoms with Crippen LogP contribution in [0.1, 0.15) is 11.1 Å². The molecule has 0 aliphatic carbocycles. The van der Waals surface area contributed by atoms with Crippen molar-refractivity contribution in [1.29, 1.82) is 0 Å². The molecule has 0 atom stereocenters. The van der Waals surface area contributed by atoms with Gasteiger partial charge < -0.3 is 5.11 Å². The molecular weight excluding hydrogens is 282 g/mol. The van der Waals surface area contributed by atoms with Crippen LogP contribution in [-0.4, -0.2) is 20.1 Å². The topological polar surface area (TPSA) is 50.9 Å². The van der Waals surface area contributed by atoms with Gasteiger partial charge in [-0.15, -0.1) is 17.7 Å². The number of thiol groups is 1. The Kier molecular flexibility index (Phi) is 3.43. The minimum absolute atomic E-state index is 0.154. The van der Waals surface area contributed by atoms with E-state index in [1.165, 1.54) is 5.56 Å². The molecular formula is C16H15N3OS. The molecule has 0 spiro atoms. The smallest absolute Gasteiger partial charge is 0.144 e. The molecule has 1 N–H and O–H groups in total. The predicted molar refractivity (Wildman–Crippen MR) is 85.2 cm³/mol. The van der Waals surface area contributed by atoms with Gasteiger partial charge in [0.05, 0.1) is 0 Å². The summed E-state index contributed by atoms with van der Waals surface area (Å²) in [5.41, 5.74) is 4.67. The highest BCUT2D eigenvalue weighted by molar-refractivity contribution is 7.80. The first kappa shape index (κ1) is 13.7. The van der Waals surface area contributed by atoms with Crippen LogP contribution >= 0.6 is 12.6 Å². The Labute approximate surface area is 128 Å². The summed E-state index contributed by atoms with van der Waals surface area (Å²) in [6.45, 7) is 4.09. The molecule has 5 heteroatoms. The van der Waals surface area contributed by atoms with E-state index in [0.717, 1.165) is 16.8 Å². The molecule has 4 nitrogen and oxygen atoms in total. The molecule has 0 amide bonds. The molecule has 0 saturated heterocycles. The lowest BCUT2D eigenvalue weighted by molar-refractivity contribution is 0.470. The fourth-order valence-electron chi connectivity index (χ4n) is 2.40. The van der Waals surface area contributed by atoms with Crippen molar-refractivity contribution in [3.63, 3.8) is 0 Å². The van der Waals surface area contributed by atoms with E-state index in [1.54, 1.807) is 22.9 Å². The predicted octanol–water partition coefficient (Wildman–Crippen LogP) is 3.55. The van der Waals surface area contributed by atoms with Crippen LogP contribution < -0.4 is 0 Å². The third kappa shape index (κ3) is 2.40. The minimum Gasteiger partial charge on any atom is -0.506 e. The Hall–Kier alpha value is -2.27. The second-order valence-corrected chi connectivity index (χ2v) is 5.40. The van der Waals surface area contributed by atoms with Crippen LogP contribution in [0, 0.1) is 13.8 Å². The van der Waals surface area contributed by atoms with Crippen molar-refractivity contribution in [3.8, 4) is 22.7 Å². The Morgan fingerprint density at radius 1 is 1.10 bits per heavy atom. The first-order valence-electron chi connectivity index (χ1n) is 6.58. The van der Waals surface area contributed by atoms with E-state index < -0.39 is 0 Å². The quantitative estimate of drug-likeness (QED) is 0.711. The van der Waals surface area contributed by atoms with Crippen LogP contribution in [0.2, 0.25) is 0 Å². The average molecular weight is 297 g/mol. The molecule has 0 aliphatic heterocycles. The molecule has 21 heavy (non-hydrogen) atoms. The van der Waals surface area contributed by atoms with E-state index in [0.29, 0.717) is 10.7 Å². The van der Waals surface area contributed by atoms with Crippen LogP contribution in [0.25, 0.3) is 16.9 Å². The summed E-state index contributed by atoms with van der Waals surface area (Å²) in [6.07, 6.45) is 0. The van der Waals surface area contributed by atoms with Gasteiger partial charge in [-0.2, -0.15) is 0 Å². The lowest BCUT2D eigenvalue weighted by Crippen LogP contribution is -2.01. The zero-order valence-electron chi connectivity index (χ0n) is 11.8. The molecule has 0 aliphatic rings. The maximum atomic E-state index is 10.0. The number of nitrogens with zero attached hydrogens (tertiary/aromatic N) is 3. The van der Waals surface area contributed by atoms with Gasteiger partial charge in [-0.3, -0.25) is 0 Å². The zero-order chi connectivity index (χ0) is 15.0. The third-order valence-electron chi connectivity index (χ3n) is 3.40. The highest BCUT2D eigenvalue weighted by Gasteiger charge is 2.17. The maximum absolute atomic E-state index is 10.0. The van der Waals surface area contributed by atoms with Gasteiger partial charge >= 0.3 is 0 Å². The van der Waals surface area contributed by atoms with Gasteiger partial charge in [0.1, 0.15) is 22.2 Å². The van der Waals surface area contributed by atoms with E-state index in [-0.39, 0.29) is 5.75 Å². The van der Waals surface area contributed by atoms with Crippen molar-refractivity contribution in [3.05, 3.63) is 53.6 Å². The van der Waals surface area contributed by atoms with Crippen LogP contribution in [0.5, 0.6) is 5.75 Å². The Bertz CT molecular complexity index is 811. The van der Waals surface area contributed by atoms with E-state index in [4.69, 9.17) is 0 Å². The first-order chi connectivity index (χ1) is 10.1. The van der Waals surface area contributed by atoms with Crippen molar-refractivity contribution < 1.29 is 5.11 Å². The number of phenols is 1. The average Bonchev–Trinajstić information content (AvgIpc) is 2.81. The number of phenolic OH excluding ortho intramolecular Hbond substituents is 1. The molecule has 0 saturated carbocycles. The zero-order valence-corrected chi connectivity index (χ0v) is 12.7. The van der Waals surface area contributed by atoms with E-state index >= 15 is 0 Å². The van der Waals surface area contributed by atoms with Crippen molar-refractivity contribution in [2.24, 2.45) is 0 Å². The van der Waals surface area contributed by atoms with Crippen molar-refractivity contribution in [2.75, 3.05) is 0 Å². The molecule has 0 bridgehead atoms. The number of aryl methyl sites for hydroxylation is 2. The maximum Gasteiger partial charge on any atom is 0.144 e. The number of aromatic hydroxyl groups is 1. The lowest BCUT2D eigenvalue weighted by Gasteiger charge is -2.11. The highest BCUT2D eigenvalue weighted by atomic mass is 32.1. The fraction of sp³-hybridized carbons (Fsp3) is 0.125. The van der Waals surface area contributed by atoms with Crippen LogP contribution in [0.3, 0.4) is 0 Å². The van der Waals surface area contributed by atoms with Gasteiger partial charge in [-0.05, 0) is 31.5 Å². The van der Waals surface area contributed by atoms with Gasteiger partial charge in [0.2, 0.25) is 0 Å². The monoisotopic (exact) mass is 297 g/mol. The molecule has 3 aromatic rings. The summed E-state index contributed by atoms with van der Waals surface area (Å²) in [7, 11) is 0. The molecule has 106 valence electrons. The summed E-state index contributed by atoms with van der Waals surface area (Å²) in [5, 5.41) is 18.7. The van der Waals surface area contributed by atoms with Crippen molar-refractivity contribution in [2.45, 2.75) is 18.9 Å². The SMILES string of the molecule is Cc1ccc(-c2c(S)nnn2-c2ccccc2O)c(C)c1.